The molecule has 1 rings (SSSR count). The molecule has 0 radical (unpaired) electrons. The Morgan fingerprint density at radius 2 is 0.905 bits per heavy atom. The van der Waals surface area contributed by atoms with Crippen LogP contribution in [0.5, 0.6) is 0 Å². The van der Waals surface area contributed by atoms with Crippen LogP contribution in [0, 0.1) is 0 Å². The van der Waals surface area contributed by atoms with Gasteiger partial charge in [0.15, 0.2) is 0 Å². The van der Waals surface area contributed by atoms with Crippen molar-refractivity contribution < 1.29 is 28.9 Å². The molecule has 0 saturated carbocycles. The van der Waals surface area contributed by atoms with Crippen molar-refractivity contribution in [3.05, 3.63) is 38.0 Å². The number of hydrogen-bond donors (Lipinski definition) is 0. The Hall–Kier alpha value is -2.49. The van der Waals surface area contributed by atoms with Crippen LogP contribution in [0.3, 0.4) is 0 Å². The maximum Gasteiger partial charge on any atom is 0.349 e. The van der Waals surface area contributed by atoms with E-state index in [1.54, 1.807) is 0 Å². The van der Waals surface area contributed by atoms with Crippen LogP contribution < -0.4 is 0 Å². The first-order valence-electron chi connectivity index (χ1n) is 5.76. The number of carbonyl (C=O) groups is 3. The van der Waals surface area contributed by atoms with Gasteiger partial charge in [0.1, 0.15) is 20.0 Å². The lowest BCUT2D eigenvalue weighted by Gasteiger charge is -2.37. The second kappa shape index (κ2) is 7.94. The summed E-state index contributed by atoms with van der Waals surface area (Å²) in [5.41, 5.74) is 0. The topological polar surface area (TPSA) is 88.6 Å². The highest BCUT2D eigenvalue weighted by Crippen LogP contribution is 2.10. The summed E-state index contributed by atoms with van der Waals surface area (Å²) >= 11 is 0. The van der Waals surface area contributed by atoms with Gasteiger partial charge in [0.2, 0.25) is 0 Å². The van der Waals surface area contributed by atoms with Crippen molar-refractivity contribution in [1.82, 2.24) is 15.2 Å². The van der Waals surface area contributed by atoms with E-state index in [9.17, 15) is 14.4 Å². The Morgan fingerprint density at radius 3 is 1.10 bits per heavy atom. The second-order valence-corrected chi connectivity index (χ2v) is 3.71. The van der Waals surface area contributed by atoms with Crippen molar-refractivity contribution in [2.75, 3.05) is 20.0 Å². The Morgan fingerprint density at radius 1 is 0.667 bits per heavy atom. The maximum atomic E-state index is 11.2. The zero-order valence-electron chi connectivity index (χ0n) is 11.3. The number of hydroxylamine groups is 6. The van der Waals surface area contributed by atoms with Crippen LogP contribution in [0.2, 0.25) is 0 Å². The molecule has 21 heavy (non-hydrogen) atoms. The van der Waals surface area contributed by atoms with E-state index in [1.807, 2.05) is 0 Å². The van der Waals surface area contributed by atoms with Gasteiger partial charge in [-0.05, 0) is 0 Å². The molecule has 0 aromatic carbocycles. The average Bonchev–Trinajstić information content (AvgIpc) is 2.46. The largest absolute Gasteiger partial charge is 0.361 e. The number of hydrogen-bond acceptors (Lipinski definition) is 9. The van der Waals surface area contributed by atoms with Crippen molar-refractivity contribution in [2.45, 2.75) is 0 Å². The molecular formula is C12H15N3O6. The molecule has 1 fully saturated rings. The van der Waals surface area contributed by atoms with Gasteiger partial charge in [-0.25, -0.2) is 14.4 Å². The van der Waals surface area contributed by atoms with Crippen LogP contribution in [-0.4, -0.2) is 53.1 Å². The molecule has 9 nitrogen and oxygen atoms in total. The van der Waals surface area contributed by atoms with E-state index < -0.39 is 17.9 Å². The highest BCUT2D eigenvalue weighted by atomic mass is 16.8. The third-order valence-electron chi connectivity index (χ3n) is 2.10. The molecule has 0 aromatic heterocycles. The summed E-state index contributed by atoms with van der Waals surface area (Å²) in [6.45, 7) is 9.66. The van der Waals surface area contributed by atoms with Gasteiger partial charge in [-0.2, -0.15) is 0 Å². The Kier molecular flexibility index (Phi) is 6.27. The molecule has 0 bridgehead atoms. The van der Waals surface area contributed by atoms with Gasteiger partial charge < -0.3 is 14.5 Å². The Labute approximate surface area is 121 Å². The average molecular weight is 297 g/mol. The van der Waals surface area contributed by atoms with E-state index in [-0.39, 0.29) is 20.0 Å². The van der Waals surface area contributed by atoms with Crippen LogP contribution in [-0.2, 0) is 28.9 Å². The molecule has 9 heteroatoms. The van der Waals surface area contributed by atoms with E-state index in [4.69, 9.17) is 14.5 Å². The second-order valence-electron chi connectivity index (χ2n) is 3.71. The lowest BCUT2D eigenvalue weighted by molar-refractivity contribution is -0.332. The van der Waals surface area contributed by atoms with Crippen molar-refractivity contribution in [3.63, 3.8) is 0 Å². The summed E-state index contributed by atoms with van der Waals surface area (Å²) in [4.78, 5) is 48.2. The molecule has 0 amide bonds. The fraction of sp³-hybridized carbons (Fsp3) is 0.250. The lowest BCUT2D eigenvalue weighted by atomic mass is 10.6. The molecule has 1 aliphatic rings. The van der Waals surface area contributed by atoms with Gasteiger partial charge in [0, 0.05) is 18.2 Å². The summed E-state index contributed by atoms with van der Waals surface area (Å²) in [5, 5.41) is 3.33. The molecule has 0 N–H and O–H groups in total. The first-order chi connectivity index (χ1) is 9.98. The minimum atomic E-state index is -0.707. The minimum absolute atomic E-state index is 0.0404. The van der Waals surface area contributed by atoms with Gasteiger partial charge in [-0.1, -0.05) is 19.7 Å². The van der Waals surface area contributed by atoms with Crippen molar-refractivity contribution in [1.29, 1.82) is 0 Å². The molecule has 1 saturated heterocycles. The van der Waals surface area contributed by atoms with Crippen LogP contribution in [0.15, 0.2) is 38.0 Å². The SMILES string of the molecule is C=CC(=O)ON1CN(OC(=O)C=C)CN(OC(=O)C=C)C1. The zero-order valence-corrected chi connectivity index (χ0v) is 11.3. The van der Waals surface area contributed by atoms with Crippen LogP contribution >= 0.6 is 0 Å². The molecular weight excluding hydrogens is 282 g/mol. The summed E-state index contributed by atoms with van der Waals surface area (Å²) < 4.78 is 0. The molecule has 0 aliphatic carbocycles. The predicted molar refractivity (Wildman–Crippen MR) is 69.0 cm³/mol. The summed E-state index contributed by atoms with van der Waals surface area (Å²) in [5.74, 6) is -2.12. The van der Waals surface area contributed by atoms with Crippen molar-refractivity contribution in [2.24, 2.45) is 0 Å². The molecule has 1 aliphatic heterocycles. The standard InChI is InChI=1S/C12H15N3O6/c1-4-10(16)19-13-7-14(20-11(17)5-2)9-15(8-13)21-12(18)6-3/h4-6H,1-3,7-9H2. The number of carbonyl (C=O) groups excluding carboxylic acids is 3. The molecule has 0 atom stereocenters. The highest BCUT2D eigenvalue weighted by molar-refractivity contribution is 5.81. The molecule has 0 unspecified atom stereocenters. The first kappa shape index (κ1) is 16.6. The van der Waals surface area contributed by atoms with Gasteiger partial charge in [0.25, 0.3) is 0 Å². The molecule has 0 aromatic rings. The van der Waals surface area contributed by atoms with E-state index in [0.29, 0.717) is 0 Å². The third-order valence-corrected chi connectivity index (χ3v) is 2.10. The summed E-state index contributed by atoms with van der Waals surface area (Å²) in [6.07, 6.45) is 2.90. The van der Waals surface area contributed by atoms with Crippen LogP contribution in [0.1, 0.15) is 0 Å². The quantitative estimate of drug-likeness (QED) is 0.613. The summed E-state index contributed by atoms with van der Waals surface area (Å²) in [6, 6.07) is 0. The van der Waals surface area contributed by atoms with Gasteiger partial charge in [-0.3, -0.25) is 0 Å². The summed E-state index contributed by atoms with van der Waals surface area (Å²) in [7, 11) is 0. The fourth-order valence-electron chi connectivity index (χ4n) is 1.33. The maximum absolute atomic E-state index is 11.2. The Bertz CT molecular complexity index is 391. The minimum Gasteiger partial charge on any atom is -0.361 e. The number of rotatable bonds is 6. The fourth-order valence-corrected chi connectivity index (χ4v) is 1.33. The van der Waals surface area contributed by atoms with Crippen molar-refractivity contribution >= 4 is 17.9 Å². The van der Waals surface area contributed by atoms with Gasteiger partial charge in [0.05, 0.1) is 0 Å². The zero-order chi connectivity index (χ0) is 15.8. The lowest BCUT2D eigenvalue weighted by Crippen LogP contribution is -2.55. The van der Waals surface area contributed by atoms with Crippen molar-refractivity contribution in [3.8, 4) is 0 Å². The first-order valence-corrected chi connectivity index (χ1v) is 5.76. The molecule has 1 heterocycles. The highest BCUT2D eigenvalue weighted by Gasteiger charge is 2.30. The monoisotopic (exact) mass is 297 g/mol. The molecule has 0 spiro atoms. The Balaban J connectivity index is 2.71. The van der Waals surface area contributed by atoms with E-state index >= 15 is 0 Å². The number of nitrogens with zero attached hydrogens (tertiary/aromatic N) is 3. The van der Waals surface area contributed by atoms with Gasteiger partial charge in [-0.15, -0.1) is 15.2 Å². The van der Waals surface area contributed by atoms with E-state index in [1.165, 1.54) is 0 Å². The van der Waals surface area contributed by atoms with Crippen LogP contribution in [0.4, 0.5) is 0 Å². The van der Waals surface area contributed by atoms with E-state index in [2.05, 4.69) is 19.7 Å². The normalized spacial score (nSPS) is 16.6. The van der Waals surface area contributed by atoms with Crippen LogP contribution in [0.25, 0.3) is 0 Å². The third kappa shape index (κ3) is 5.57. The predicted octanol–water partition coefficient (Wildman–Crippen LogP) is -0.289. The smallest absolute Gasteiger partial charge is 0.349 e. The molecule has 114 valence electrons. The van der Waals surface area contributed by atoms with Gasteiger partial charge >= 0.3 is 17.9 Å². The van der Waals surface area contributed by atoms with E-state index in [0.717, 1.165) is 33.4 Å².